The van der Waals surface area contributed by atoms with Crippen LogP contribution in [0.15, 0.2) is 24.3 Å². The normalized spacial score (nSPS) is 11.1. The largest absolute Gasteiger partial charge is 0.351 e. The van der Waals surface area contributed by atoms with Gasteiger partial charge < -0.3 is 10.2 Å². The molecule has 0 unspecified atom stereocenters. The maximum Gasteiger partial charge on any atom is 0.223 e. The third-order valence-electron chi connectivity index (χ3n) is 2.60. The Bertz CT molecular complexity index is 495. The summed E-state index contributed by atoms with van der Waals surface area (Å²) < 4.78 is 13.7. The summed E-state index contributed by atoms with van der Waals surface area (Å²) in [5, 5.41) is 2.81. The van der Waals surface area contributed by atoms with Gasteiger partial charge in [-0.25, -0.2) is 4.39 Å². The average molecular weight is 280 g/mol. The minimum Gasteiger partial charge on any atom is -0.351 e. The molecule has 1 aromatic rings. The molecule has 0 aliphatic rings. The molecule has 5 heteroatoms. The van der Waals surface area contributed by atoms with Crippen molar-refractivity contribution in [2.45, 2.75) is 39.7 Å². The Hall–Kier alpha value is -1.91. The first kappa shape index (κ1) is 16.1. The number of carbonyl (C=O) groups excluding carboxylic acids is 2. The van der Waals surface area contributed by atoms with E-state index in [0.717, 1.165) is 0 Å². The molecule has 4 nitrogen and oxygen atoms in total. The number of anilines is 1. The van der Waals surface area contributed by atoms with Crippen molar-refractivity contribution in [3.8, 4) is 0 Å². The summed E-state index contributed by atoms with van der Waals surface area (Å²) in [6.07, 6.45) is 0.130. The van der Waals surface area contributed by atoms with Crippen LogP contribution in [0.2, 0.25) is 0 Å². The van der Waals surface area contributed by atoms with Gasteiger partial charge in [-0.1, -0.05) is 12.1 Å². The SMILES string of the molecule is CC(=O)N(CCC(=O)NC(C)(C)C)c1ccccc1F. The van der Waals surface area contributed by atoms with Gasteiger partial charge in [-0.2, -0.15) is 0 Å². The van der Waals surface area contributed by atoms with Crippen LogP contribution in [0.1, 0.15) is 34.1 Å². The second kappa shape index (κ2) is 6.50. The molecule has 1 aromatic carbocycles. The predicted octanol–water partition coefficient (Wildman–Crippen LogP) is 2.48. The summed E-state index contributed by atoms with van der Waals surface area (Å²) in [7, 11) is 0. The Labute approximate surface area is 119 Å². The van der Waals surface area contributed by atoms with E-state index in [1.165, 1.54) is 24.0 Å². The number of nitrogens with one attached hydrogen (secondary N) is 1. The quantitative estimate of drug-likeness (QED) is 0.921. The highest BCUT2D eigenvalue weighted by molar-refractivity contribution is 5.92. The van der Waals surface area contributed by atoms with Gasteiger partial charge in [0.05, 0.1) is 5.69 Å². The van der Waals surface area contributed by atoms with E-state index in [9.17, 15) is 14.0 Å². The Balaban J connectivity index is 2.73. The molecule has 0 fully saturated rings. The van der Waals surface area contributed by atoms with Crippen LogP contribution in [0, 0.1) is 5.82 Å². The second-order valence-electron chi connectivity index (χ2n) is 5.67. The molecule has 0 radical (unpaired) electrons. The number of carbonyl (C=O) groups is 2. The monoisotopic (exact) mass is 280 g/mol. The lowest BCUT2D eigenvalue weighted by atomic mass is 10.1. The van der Waals surface area contributed by atoms with Crippen molar-refractivity contribution in [1.82, 2.24) is 5.32 Å². The van der Waals surface area contributed by atoms with Gasteiger partial charge in [-0.05, 0) is 32.9 Å². The van der Waals surface area contributed by atoms with Crippen LogP contribution in [-0.4, -0.2) is 23.9 Å². The van der Waals surface area contributed by atoms with Crippen LogP contribution in [0.4, 0.5) is 10.1 Å². The van der Waals surface area contributed by atoms with Gasteiger partial charge in [0.25, 0.3) is 0 Å². The molecule has 0 atom stereocenters. The molecule has 110 valence electrons. The first-order chi connectivity index (χ1) is 9.20. The van der Waals surface area contributed by atoms with Crippen LogP contribution in [0.25, 0.3) is 0 Å². The van der Waals surface area contributed by atoms with E-state index in [0.29, 0.717) is 0 Å². The first-order valence-corrected chi connectivity index (χ1v) is 6.54. The number of nitrogens with zero attached hydrogens (tertiary/aromatic N) is 1. The summed E-state index contributed by atoms with van der Waals surface area (Å²) in [5.74, 6) is -0.933. The van der Waals surface area contributed by atoms with E-state index in [1.54, 1.807) is 12.1 Å². The minimum atomic E-state index is -0.473. The summed E-state index contributed by atoms with van der Waals surface area (Å²) in [4.78, 5) is 24.7. The number of amides is 2. The lowest BCUT2D eigenvalue weighted by Gasteiger charge is -2.24. The van der Waals surface area contributed by atoms with E-state index < -0.39 is 5.82 Å². The average Bonchev–Trinajstić information content (AvgIpc) is 2.28. The van der Waals surface area contributed by atoms with E-state index >= 15 is 0 Å². The van der Waals surface area contributed by atoms with Gasteiger partial charge in [0, 0.05) is 25.4 Å². The molecular formula is C15H21FN2O2. The maximum absolute atomic E-state index is 13.7. The van der Waals surface area contributed by atoms with Crippen LogP contribution in [-0.2, 0) is 9.59 Å². The Morgan fingerprint density at radius 1 is 1.25 bits per heavy atom. The lowest BCUT2D eigenvalue weighted by molar-refractivity contribution is -0.122. The molecule has 0 aromatic heterocycles. The Kier molecular flexibility index (Phi) is 5.25. The van der Waals surface area contributed by atoms with Crippen molar-refractivity contribution < 1.29 is 14.0 Å². The van der Waals surface area contributed by atoms with Gasteiger partial charge in [-0.15, -0.1) is 0 Å². The molecule has 0 saturated carbocycles. The van der Waals surface area contributed by atoms with E-state index in [-0.39, 0.29) is 36.0 Å². The van der Waals surface area contributed by atoms with Crippen LogP contribution in [0.3, 0.4) is 0 Å². The number of rotatable bonds is 4. The summed E-state index contributed by atoms with van der Waals surface area (Å²) in [6.45, 7) is 7.14. The van der Waals surface area contributed by atoms with E-state index in [1.807, 2.05) is 20.8 Å². The number of hydrogen-bond acceptors (Lipinski definition) is 2. The summed E-state index contributed by atoms with van der Waals surface area (Å²) >= 11 is 0. The molecule has 0 bridgehead atoms. The van der Waals surface area contributed by atoms with E-state index in [2.05, 4.69) is 5.32 Å². The first-order valence-electron chi connectivity index (χ1n) is 6.54. The van der Waals surface area contributed by atoms with Gasteiger partial charge >= 0.3 is 0 Å². The van der Waals surface area contributed by atoms with Crippen LogP contribution in [0.5, 0.6) is 0 Å². The third-order valence-corrected chi connectivity index (χ3v) is 2.60. The molecule has 0 saturated heterocycles. The fourth-order valence-corrected chi connectivity index (χ4v) is 1.81. The third kappa shape index (κ3) is 4.99. The molecule has 1 N–H and O–H groups in total. The number of halogens is 1. The van der Waals surface area contributed by atoms with Crippen molar-refractivity contribution in [3.05, 3.63) is 30.1 Å². The second-order valence-corrected chi connectivity index (χ2v) is 5.67. The molecule has 0 aliphatic carbocycles. The molecule has 1 rings (SSSR count). The van der Waals surface area contributed by atoms with Crippen LogP contribution >= 0.6 is 0 Å². The number of para-hydroxylation sites is 1. The van der Waals surface area contributed by atoms with Crippen molar-refractivity contribution >= 4 is 17.5 Å². The standard InChI is InChI=1S/C15H21FN2O2/c1-11(19)18(13-8-6-5-7-12(13)16)10-9-14(20)17-15(2,3)4/h5-8H,9-10H2,1-4H3,(H,17,20). The lowest BCUT2D eigenvalue weighted by Crippen LogP contribution is -2.42. The highest BCUT2D eigenvalue weighted by atomic mass is 19.1. The maximum atomic E-state index is 13.7. The smallest absolute Gasteiger partial charge is 0.223 e. The van der Waals surface area contributed by atoms with Gasteiger partial charge in [0.2, 0.25) is 11.8 Å². The Morgan fingerprint density at radius 3 is 2.35 bits per heavy atom. The summed E-state index contributed by atoms with van der Waals surface area (Å²) in [5.41, 5.74) is -0.126. The zero-order valence-corrected chi connectivity index (χ0v) is 12.4. The number of benzene rings is 1. The van der Waals surface area contributed by atoms with Gasteiger partial charge in [0.1, 0.15) is 5.82 Å². The highest BCUT2D eigenvalue weighted by Crippen LogP contribution is 2.19. The van der Waals surface area contributed by atoms with E-state index in [4.69, 9.17) is 0 Å². The molecule has 2 amide bonds. The van der Waals surface area contributed by atoms with Crippen molar-refractivity contribution in [3.63, 3.8) is 0 Å². The Morgan fingerprint density at radius 2 is 1.85 bits per heavy atom. The molecular weight excluding hydrogens is 259 g/mol. The molecule has 0 aliphatic heterocycles. The fourth-order valence-electron chi connectivity index (χ4n) is 1.81. The van der Waals surface area contributed by atoms with Gasteiger partial charge in [-0.3, -0.25) is 9.59 Å². The predicted molar refractivity (Wildman–Crippen MR) is 76.9 cm³/mol. The molecule has 0 spiro atoms. The zero-order valence-electron chi connectivity index (χ0n) is 12.4. The van der Waals surface area contributed by atoms with Crippen molar-refractivity contribution in [2.75, 3.05) is 11.4 Å². The molecule has 20 heavy (non-hydrogen) atoms. The molecule has 0 heterocycles. The fraction of sp³-hybridized carbons (Fsp3) is 0.467. The number of hydrogen-bond donors (Lipinski definition) is 1. The minimum absolute atomic E-state index is 0.130. The zero-order chi connectivity index (χ0) is 15.3. The van der Waals surface area contributed by atoms with Crippen molar-refractivity contribution in [1.29, 1.82) is 0 Å². The van der Waals surface area contributed by atoms with Crippen molar-refractivity contribution in [2.24, 2.45) is 0 Å². The van der Waals surface area contributed by atoms with Gasteiger partial charge in [0.15, 0.2) is 0 Å². The topological polar surface area (TPSA) is 49.4 Å². The highest BCUT2D eigenvalue weighted by Gasteiger charge is 2.18. The van der Waals surface area contributed by atoms with Crippen LogP contribution < -0.4 is 10.2 Å². The summed E-state index contributed by atoms with van der Waals surface area (Å²) in [6, 6.07) is 6.03.